The van der Waals surface area contributed by atoms with Crippen LogP contribution in [0.2, 0.25) is 5.02 Å². The first-order valence-electron chi connectivity index (χ1n) is 8.74. The SMILES string of the molecule is CN=C(NCCNC(=O)c1ccc(Cl)cc1)NCCc1ccccc1OC. The summed E-state index contributed by atoms with van der Waals surface area (Å²) in [5.41, 5.74) is 1.72. The smallest absolute Gasteiger partial charge is 0.251 e. The first-order chi connectivity index (χ1) is 13.1. The van der Waals surface area contributed by atoms with Crippen molar-refractivity contribution in [2.24, 2.45) is 4.99 Å². The van der Waals surface area contributed by atoms with Crippen molar-refractivity contribution in [1.29, 1.82) is 0 Å². The van der Waals surface area contributed by atoms with Gasteiger partial charge >= 0.3 is 0 Å². The van der Waals surface area contributed by atoms with Crippen LogP contribution in [0, 0.1) is 0 Å². The van der Waals surface area contributed by atoms with E-state index >= 15 is 0 Å². The molecule has 2 aromatic rings. The summed E-state index contributed by atoms with van der Waals surface area (Å²) in [4.78, 5) is 16.2. The molecular weight excluding hydrogens is 364 g/mol. The lowest BCUT2D eigenvalue weighted by Gasteiger charge is -2.13. The van der Waals surface area contributed by atoms with E-state index in [1.165, 1.54) is 0 Å². The van der Waals surface area contributed by atoms with E-state index in [4.69, 9.17) is 16.3 Å². The summed E-state index contributed by atoms with van der Waals surface area (Å²) in [6.45, 7) is 1.76. The van der Waals surface area contributed by atoms with Gasteiger partial charge in [0.25, 0.3) is 5.91 Å². The molecule has 0 aromatic heterocycles. The molecule has 0 unspecified atom stereocenters. The summed E-state index contributed by atoms with van der Waals surface area (Å²) in [7, 11) is 3.38. The Hall–Kier alpha value is -2.73. The van der Waals surface area contributed by atoms with Gasteiger partial charge in [-0.25, -0.2) is 0 Å². The Bertz CT molecular complexity index is 763. The summed E-state index contributed by atoms with van der Waals surface area (Å²) in [5.74, 6) is 1.44. The zero-order chi connectivity index (χ0) is 19.5. The molecule has 2 rings (SSSR count). The molecule has 0 radical (unpaired) electrons. The van der Waals surface area contributed by atoms with Gasteiger partial charge in [-0.05, 0) is 42.3 Å². The molecule has 0 aliphatic carbocycles. The second kappa shape index (κ2) is 11.1. The zero-order valence-corrected chi connectivity index (χ0v) is 16.3. The summed E-state index contributed by atoms with van der Waals surface area (Å²) < 4.78 is 5.35. The van der Waals surface area contributed by atoms with Gasteiger partial charge in [0, 0.05) is 37.3 Å². The number of halogens is 1. The molecule has 144 valence electrons. The van der Waals surface area contributed by atoms with Crippen molar-refractivity contribution in [2.45, 2.75) is 6.42 Å². The van der Waals surface area contributed by atoms with Crippen molar-refractivity contribution in [3.63, 3.8) is 0 Å². The highest BCUT2D eigenvalue weighted by atomic mass is 35.5. The summed E-state index contributed by atoms with van der Waals surface area (Å²) >= 11 is 5.82. The number of amides is 1. The Morgan fingerprint density at radius 2 is 1.67 bits per heavy atom. The van der Waals surface area contributed by atoms with E-state index < -0.39 is 0 Å². The Labute approximate surface area is 165 Å². The van der Waals surface area contributed by atoms with Crippen molar-refractivity contribution in [1.82, 2.24) is 16.0 Å². The Morgan fingerprint density at radius 3 is 2.37 bits per heavy atom. The molecule has 2 aromatic carbocycles. The summed E-state index contributed by atoms with van der Waals surface area (Å²) in [6, 6.07) is 14.7. The minimum Gasteiger partial charge on any atom is -0.496 e. The van der Waals surface area contributed by atoms with E-state index in [0.717, 1.165) is 24.3 Å². The lowest BCUT2D eigenvalue weighted by atomic mass is 10.1. The fraction of sp³-hybridized carbons (Fsp3) is 0.300. The predicted octanol–water partition coefficient (Wildman–Crippen LogP) is 2.49. The van der Waals surface area contributed by atoms with E-state index in [9.17, 15) is 4.79 Å². The van der Waals surface area contributed by atoms with Gasteiger partial charge in [0.1, 0.15) is 5.75 Å². The monoisotopic (exact) mass is 388 g/mol. The first kappa shape index (κ1) is 20.6. The third-order valence-corrected chi connectivity index (χ3v) is 4.16. The Kier molecular flexibility index (Phi) is 8.45. The van der Waals surface area contributed by atoms with Gasteiger partial charge in [-0.3, -0.25) is 9.79 Å². The summed E-state index contributed by atoms with van der Waals surface area (Å²) in [5, 5.41) is 9.88. The predicted molar refractivity (Wildman–Crippen MR) is 110 cm³/mol. The van der Waals surface area contributed by atoms with E-state index in [1.54, 1.807) is 38.4 Å². The average molecular weight is 389 g/mol. The number of aliphatic imine (C=N–C) groups is 1. The molecule has 0 saturated carbocycles. The van der Waals surface area contributed by atoms with E-state index in [1.807, 2.05) is 24.3 Å². The van der Waals surface area contributed by atoms with Crippen LogP contribution in [0.1, 0.15) is 15.9 Å². The highest BCUT2D eigenvalue weighted by Gasteiger charge is 2.05. The molecule has 7 heteroatoms. The molecule has 6 nitrogen and oxygen atoms in total. The molecule has 3 N–H and O–H groups in total. The largest absolute Gasteiger partial charge is 0.496 e. The minimum atomic E-state index is -0.132. The fourth-order valence-corrected chi connectivity index (χ4v) is 2.63. The summed E-state index contributed by atoms with van der Waals surface area (Å²) in [6.07, 6.45) is 0.817. The molecule has 1 amide bonds. The molecule has 0 bridgehead atoms. The number of nitrogens with zero attached hydrogens (tertiary/aromatic N) is 1. The van der Waals surface area contributed by atoms with Crippen molar-refractivity contribution in [3.8, 4) is 5.75 Å². The highest BCUT2D eigenvalue weighted by Crippen LogP contribution is 2.17. The van der Waals surface area contributed by atoms with Crippen LogP contribution in [0.4, 0.5) is 0 Å². The van der Waals surface area contributed by atoms with Crippen LogP contribution in [0.5, 0.6) is 5.75 Å². The first-order valence-corrected chi connectivity index (χ1v) is 9.12. The van der Waals surface area contributed by atoms with Crippen LogP contribution >= 0.6 is 11.6 Å². The fourth-order valence-electron chi connectivity index (χ4n) is 2.51. The minimum absolute atomic E-state index is 0.132. The van der Waals surface area contributed by atoms with Crippen molar-refractivity contribution < 1.29 is 9.53 Å². The van der Waals surface area contributed by atoms with Crippen molar-refractivity contribution >= 4 is 23.5 Å². The second-order valence-electron chi connectivity index (χ2n) is 5.75. The van der Waals surface area contributed by atoms with Crippen molar-refractivity contribution in [3.05, 3.63) is 64.7 Å². The number of nitrogens with one attached hydrogen (secondary N) is 3. The van der Waals surface area contributed by atoms with Gasteiger partial charge in [-0.2, -0.15) is 0 Å². The van der Waals surface area contributed by atoms with Crippen molar-refractivity contribution in [2.75, 3.05) is 33.8 Å². The van der Waals surface area contributed by atoms with Crippen LogP contribution in [-0.4, -0.2) is 45.7 Å². The van der Waals surface area contributed by atoms with Gasteiger partial charge in [0.05, 0.1) is 7.11 Å². The van der Waals surface area contributed by atoms with Crippen LogP contribution in [0.15, 0.2) is 53.5 Å². The number of carbonyl (C=O) groups excluding carboxylic acids is 1. The number of hydrogen-bond donors (Lipinski definition) is 3. The lowest BCUT2D eigenvalue weighted by Crippen LogP contribution is -2.42. The average Bonchev–Trinajstić information content (AvgIpc) is 2.70. The quantitative estimate of drug-likeness (QED) is 0.369. The molecular formula is C20H25ClN4O2. The normalized spacial score (nSPS) is 11.0. The van der Waals surface area contributed by atoms with Gasteiger partial charge in [-0.1, -0.05) is 29.8 Å². The number of guanidine groups is 1. The van der Waals surface area contributed by atoms with Crippen LogP contribution in [-0.2, 0) is 6.42 Å². The topological polar surface area (TPSA) is 74.8 Å². The highest BCUT2D eigenvalue weighted by molar-refractivity contribution is 6.30. The maximum absolute atomic E-state index is 12.0. The maximum atomic E-state index is 12.0. The molecule has 0 spiro atoms. The molecule has 0 aliphatic rings. The molecule has 0 aliphatic heterocycles. The van der Waals surface area contributed by atoms with Crippen LogP contribution in [0.25, 0.3) is 0 Å². The third kappa shape index (κ3) is 6.83. The third-order valence-electron chi connectivity index (χ3n) is 3.91. The number of ether oxygens (including phenoxy) is 1. The van der Waals surface area contributed by atoms with E-state index in [0.29, 0.717) is 29.6 Å². The van der Waals surface area contributed by atoms with Gasteiger partial charge in [0.2, 0.25) is 0 Å². The Morgan fingerprint density at radius 1 is 1.00 bits per heavy atom. The zero-order valence-electron chi connectivity index (χ0n) is 15.6. The maximum Gasteiger partial charge on any atom is 0.251 e. The standard InChI is InChI=1S/C20H25ClN4O2/c1-22-20(24-12-11-15-5-3-4-6-18(15)27-2)25-14-13-23-19(26)16-7-9-17(21)10-8-16/h3-10H,11-14H2,1-2H3,(H,23,26)(H2,22,24,25). The number of rotatable bonds is 8. The number of benzene rings is 2. The van der Waals surface area contributed by atoms with Gasteiger partial charge < -0.3 is 20.7 Å². The molecule has 0 atom stereocenters. The molecule has 0 saturated heterocycles. The lowest BCUT2D eigenvalue weighted by molar-refractivity contribution is 0.0954. The Balaban J connectivity index is 1.68. The van der Waals surface area contributed by atoms with Crippen LogP contribution < -0.4 is 20.7 Å². The van der Waals surface area contributed by atoms with E-state index in [-0.39, 0.29) is 5.91 Å². The number of hydrogen-bond acceptors (Lipinski definition) is 3. The van der Waals surface area contributed by atoms with E-state index in [2.05, 4.69) is 20.9 Å². The molecule has 0 fully saturated rings. The number of carbonyl (C=O) groups is 1. The number of para-hydroxylation sites is 1. The van der Waals surface area contributed by atoms with Gasteiger partial charge in [0.15, 0.2) is 5.96 Å². The number of methoxy groups -OCH3 is 1. The van der Waals surface area contributed by atoms with Gasteiger partial charge in [-0.15, -0.1) is 0 Å². The molecule has 0 heterocycles. The van der Waals surface area contributed by atoms with Crippen LogP contribution in [0.3, 0.4) is 0 Å². The molecule has 27 heavy (non-hydrogen) atoms. The second-order valence-corrected chi connectivity index (χ2v) is 6.19.